The molecule has 4 unspecified atom stereocenters. The van der Waals surface area contributed by atoms with Gasteiger partial charge in [-0.05, 0) is 44.4 Å². The number of nitrogens with zero attached hydrogens (tertiary/aromatic N) is 1. The van der Waals surface area contributed by atoms with Gasteiger partial charge in [0.2, 0.25) is 0 Å². The van der Waals surface area contributed by atoms with E-state index in [0.717, 1.165) is 25.8 Å². The first-order chi connectivity index (χ1) is 11.1. The highest BCUT2D eigenvalue weighted by Crippen LogP contribution is 2.38. The summed E-state index contributed by atoms with van der Waals surface area (Å²) < 4.78 is 10.8. The molecule has 1 aliphatic carbocycles. The van der Waals surface area contributed by atoms with E-state index in [2.05, 4.69) is 4.90 Å². The van der Waals surface area contributed by atoms with Gasteiger partial charge in [-0.1, -0.05) is 18.2 Å². The molecule has 5 heteroatoms. The summed E-state index contributed by atoms with van der Waals surface area (Å²) in [4.78, 5) is 27.0. The molecule has 2 saturated heterocycles. The van der Waals surface area contributed by atoms with Crippen molar-refractivity contribution in [2.75, 3.05) is 20.7 Å². The highest BCUT2D eigenvalue weighted by atomic mass is 16.6. The molecule has 1 saturated carbocycles. The number of hydrogen-bond donors (Lipinski definition) is 0. The first-order valence-electron chi connectivity index (χ1n) is 8.14. The summed E-state index contributed by atoms with van der Waals surface area (Å²) in [5.74, 6) is -0.603. The van der Waals surface area contributed by atoms with Gasteiger partial charge in [0, 0.05) is 12.6 Å². The Kier molecular flexibility index (Phi) is 4.66. The smallest absolute Gasteiger partial charge is 0.338 e. The van der Waals surface area contributed by atoms with Crippen LogP contribution in [0.2, 0.25) is 0 Å². The van der Waals surface area contributed by atoms with Crippen LogP contribution in [0.1, 0.15) is 29.6 Å². The van der Waals surface area contributed by atoms with Crippen molar-refractivity contribution in [3.8, 4) is 0 Å². The van der Waals surface area contributed by atoms with E-state index in [0.29, 0.717) is 11.5 Å². The molecule has 124 valence electrons. The molecule has 0 radical (unpaired) electrons. The standard InChI is InChI=1S/C18H23NO4/c1-19-11-12-8-9-14(19)16(18(21)22-2)15(10-12)23-17(20)13-6-4-3-5-7-13/h3-7,12,14-16H,8-11H2,1-2H3. The van der Waals surface area contributed by atoms with Gasteiger partial charge in [0.05, 0.1) is 12.7 Å². The lowest BCUT2D eigenvalue weighted by Gasteiger charge is -2.36. The minimum atomic E-state index is -0.419. The maximum atomic E-state index is 12.4. The third-order valence-electron chi connectivity index (χ3n) is 5.10. The van der Waals surface area contributed by atoms with Crippen LogP contribution < -0.4 is 0 Å². The van der Waals surface area contributed by atoms with E-state index < -0.39 is 12.0 Å². The third-order valence-corrected chi connectivity index (χ3v) is 5.10. The van der Waals surface area contributed by atoms with Crippen molar-refractivity contribution in [1.29, 1.82) is 0 Å². The molecule has 5 nitrogen and oxygen atoms in total. The molecule has 0 aromatic heterocycles. The molecule has 0 N–H and O–H groups in total. The lowest BCUT2D eigenvalue weighted by Crippen LogP contribution is -2.47. The number of methoxy groups -OCH3 is 1. The molecule has 2 heterocycles. The second-order valence-electron chi connectivity index (χ2n) is 6.54. The zero-order valence-electron chi connectivity index (χ0n) is 13.6. The van der Waals surface area contributed by atoms with Crippen LogP contribution in [0.15, 0.2) is 30.3 Å². The highest BCUT2D eigenvalue weighted by Gasteiger charge is 2.47. The molecule has 4 atom stereocenters. The highest BCUT2D eigenvalue weighted by molar-refractivity contribution is 5.89. The van der Waals surface area contributed by atoms with Gasteiger partial charge in [0.25, 0.3) is 0 Å². The number of hydrogen-bond acceptors (Lipinski definition) is 5. The van der Waals surface area contributed by atoms with Crippen LogP contribution in [0.25, 0.3) is 0 Å². The SMILES string of the molecule is COC(=O)C1C(OC(=O)c2ccccc2)CC2CCC1N(C)C2. The topological polar surface area (TPSA) is 55.8 Å². The van der Waals surface area contributed by atoms with Gasteiger partial charge in [-0.2, -0.15) is 0 Å². The van der Waals surface area contributed by atoms with E-state index in [4.69, 9.17) is 9.47 Å². The Morgan fingerprint density at radius 3 is 2.57 bits per heavy atom. The Balaban J connectivity index is 1.83. The average molecular weight is 317 g/mol. The molecule has 4 rings (SSSR count). The van der Waals surface area contributed by atoms with Crippen LogP contribution in [-0.2, 0) is 14.3 Å². The minimum Gasteiger partial charge on any atom is -0.469 e. The van der Waals surface area contributed by atoms with Gasteiger partial charge in [-0.15, -0.1) is 0 Å². The molecule has 2 aliphatic heterocycles. The van der Waals surface area contributed by atoms with Gasteiger partial charge >= 0.3 is 11.9 Å². The van der Waals surface area contributed by atoms with E-state index >= 15 is 0 Å². The van der Waals surface area contributed by atoms with Crippen LogP contribution in [0.5, 0.6) is 0 Å². The average Bonchev–Trinajstić information content (AvgIpc) is 2.81. The molecule has 0 amide bonds. The monoisotopic (exact) mass is 317 g/mol. The normalized spacial score (nSPS) is 30.5. The fourth-order valence-electron chi connectivity index (χ4n) is 3.98. The summed E-state index contributed by atoms with van der Waals surface area (Å²) in [6.45, 7) is 0.942. The summed E-state index contributed by atoms with van der Waals surface area (Å²) >= 11 is 0. The van der Waals surface area contributed by atoms with Crippen LogP contribution in [0.4, 0.5) is 0 Å². The maximum Gasteiger partial charge on any atom is 0.338 e. The summed E-state index contributed by atoms with van der Waals surface area (Å²) in [7, 11) is 3.43. The maximum absolute atomic E-state index is 12.4. The van der Waals surface area contributed by atoms with Crippen molar-refractivity contribution < 1.29 is 19.1 Å². The predicted octanol–water partition coefficient (Wildman–Crippen LogP) is 2.12. The van der Waals surface area contributed by atoms with E-state index in [9.17, 15) is 9.59 Å². The largest absolute Gasteiger partial charge is 0.469 e. The Hall–Kier alpha value is -1.88. The summed E-state index contributed by atoms with van der Waals surface area (Å²) in [6, 6.07) is 9.00. The number of carbonyl (C=O) groups excluding carboxylic acids is 2. The number of benzene rings is 1. The molecule has 1 aromatic carbocycles. The molecule has 1 aromatic rings. The van der Waals surface area contributed by atoms with Crippen molar-refractivity contribution in [1.82, 2.24) is 4.90 Å². The lowest BCUT2D eigenvalue weighted by atomic mass is 9.91. The van der Waals surface area contributed by atoms with E-state index in [1.165, 1.54) is 7.11 Å². The zero-order valence-corrected chi connectivity index (χ0v) is 13.6. The first kappa shape index (κ1) is 16.0. The Morgan fingerprint density at radius 2 is 1.91 bits per heavy atom. The van der Waals surface area contributed by atoms with E-state index in [1.807, 2.05) is 13.1 Å². The second-order valence-corrected chi connectivity index (χ2v) is 6.54. The van der Waals surface area contributed by atoms with Gasteiger partial charge < -0.3 is 14.4 Å². The summed E-state index contributed by atoms with van der Waals surface area (Å²) in [5, 5.41) is 0. The van der Waals surface area contributed by atoms with Crippen molar-refractivity contribution in [2.45, 2.75) is 31.4 Å². The number of rotatable bonds is 3. The van der Waals surface area contributed by atoms with E-state index in [1.54, 1.807) is 24.3 Å². The second kappa shape index (κ2) is 6.71. The number of ether oxygens (including phenoxy) is 2. The fraction of sp³-hybridized carbons (Fsp3) is 0.556. The van der Waals surface area contributed by atoms with Crippen LogP contribution in [-0.4, -0.2) is 49.7 Å². The summed E-state index contributed by atoms with van der Waals surface area (Å²) in [5.41, 5.74) is 0.515. The molecule has 23 heavy (non-hydrogen) atoms. The number of carbonyl (C=O) groups is 2. The third kappa shape index (κ3) is 3.24. The minimum absolute atomic E-state index is 0.0785. The van der Waals surface area contributed by atoms with Gasteiger partial charge in [-0.3, -0.25) is 4.79 Å². The van der Waals surface area contributed by atoms with E-state index in [-0.39, 0.29) is 18.0 Å². The lowest BCUT2D eigenvalue weighted by molar-refractivity contribution is -0.152. The van der Waals surface area contributed by atoms with Gasteiger partial charge in [0.1, 0.15) is 12.0 Å². The fourth-order valence-corrected chi connectivity index (χ4v) is 3.98. The van der Waals surface area contributed by atoms with Crippen LogP contribution >= 0.6 is 0 Å². The van der Waals surface area contributed by atoms with Crippen molar-refractivity contribution in [3.05, 3.63) is 35.9 Å². The Bertz CT molecular complexity index is 574. The van der Waals surface area contributed by atoms with Crippen LogP contribution in [0, 0.1) is 11.8 Å². The summed E-state index contributed by atoms with van der Waals surface area (Å²) in [6.07, 6.45) is 2.32. The van der Waals surface area contributed by atoms with Gasteiger partial charge in [0.15, 0.2) is 0 Å². The molecule has 3 fully saturated rings. The molecular weight excluding hydrogens is 294 g/mol. The number of piperidine rings is 1. The number of fused-ring (bicyclic) bond motifs is 4. The first-order valence-corrected chi connectivity index (χ1v) is 8.14. The van der Waals surface area contributed by atoms with Gasteiger partial charge in [-0.25, -0.2) is 4.79 Å². The van der Waals surface area contributed by atoms with Crippen molar-refractivity contribution in [2.24, 2.45) is 11.8 Å². The number of esters is 2. The Morgan fingerprint density at radius 1 is 1.17 bits per heavy atom. The Labute approximate surface area is 136 Å². The zero-order chi connectivity index (χ0) is 16.4. The quantitative estimate of drug-likeness (QED) is 0.799. The molecular formula is C18H23NO4. The van der Waals surface area contributed by atoms with Crippen molar-refractivity contribution >= 4 is 11.9 Å². The molecule has 3 aliphatic rings. The molecule has 2 bridgehead atoms. The predicted molar refractivity (Wildman–Crippen MR) is 84.9 cm³/mol. The van der Waals surface area contributed by atoms with Crippen molar-refractivity contribution in [3.63, 3.8) is 0 Å². The van der Waals surface area contributed by atoms with Crippen LogP contribution in [0.3, 0.4) is 0 Å². The molecule has 0 spiro atoms.